The van der Waals surface area contributed by atoms with E-state index in [1.165, 1.54) is 0 Å². The van der Waals surface area contributed by atoms with Crippen LogP contribution in [0, 0.1) is 13.8 Å². The number of benzene rings is 3. The molecule has 0 aliphatic carbocycles. The van der Waals surface area contributed by atoms with E-state index >= 15 is 0 Å². The molecule has 0 bridgehead atoms. The molecule has 5 nitrogen and oxygen atoms in total. The van der Waals surface area contributed by atoms with Crippen molar-refractivity contribution in [1.29, 1.82) is 0 Å². The molecule has 32 heavy (non-hydrogen) atoms. The molecule has 6 heteroatoms. The largest absolute Gasteiger partial charge is 0.376 e. The van der Waals surface area contributed by atoms with Gasteiger partial charge in [-0.25, -0.2) is 9.97 Å². The molecule has 4 rings (SSSR count). The summed E-state index contributed by atoms with van der Waals surface area (Å²) in [5.74, 6) is 0.0254. The summed E-state index contributed by atoms with van der Waals surface area (Å²) in [5, 5.41) is 6.58. The second kappa shape index (κ2) is 9.62. The summed E-state index contributed by atoms with van der Waals surface area (Å²) in [6.07, 6.45) is 0. The lowest BCUT2D eigenvalue weighted by Crippen LogP contribution is -2.23. The molecule has 0 saturated heterocycles. The van der Waals surface area contributed by atoms with E-state index < -0.39 is 0 Å². The van der Waals surface area contributed by atoms with Gasteiger partial charge >= 0.3 is 0 Å². The molecule has 0 radical (unpaired) electrons. The van der Waals surface area contributed by atoms with Crippen molar-refractivity contribution < 1.29 is 4.79 Å². The molecule has 0 spiro atoms. The zero-order valence-electron chi connectivity index (χ0n) is 17.9. The molecule has 0 aliphatic rings. The second-order valence-corrected chi connectivity index (χ2v) is 8.04. The number of nitrogens with zero attached hydrogens (tertiary/aromatic N) is 2. The Bertz CT molecular complexity index is 1160. The maximum atomic E-state index is 12.6. The highest BCUT2D eigenvalue weighted by Crippen LogP contribution is 2.26. The first-order chi connectivity index (χ1) is 15.5. The highest BCUT2D eigenvalue weighted by atomic mass is 35.5. The highest BCUT2D eigenvalue weighted by Gasteiger charge is 2.11. The van der Waals surface area contributed by atoms with Crippen LogP contribution in [-0.4, -0.2) is 22.4 Å². The van der Waals surface area contributed by atoms with E-state index in [4.69, 9.17) is 11.6 Å². The fourth-order valence-electron chi connectivity index (χ4n) is 3.17. The van der Waals surface area contributed by atoms with Gasteiger partial charge < -0.3 is 5.32 Å². The van der Waals surface area contributed by atoms with Crippen molar-refractivity contribution >= 4 is 29.1 Å². The van der Waals surface area contributed by atoms with Gasteiger partial charge in [-0.1, -0.05) is 71.3 Å². The van der Waals surface area contributed by atoms with Gasteiger partial charge in [0.1, 0.15) is 0 Å². The molecule has 1 amide bonds. The van der Waals surface area contributed by atoms with Gasteiger partial charge in [-0.05, 0) is 44.2 Å². The molecule has 4 aromatic rings. The zero-order valence-corrected chi connectivity index (χ0v) is 18.6. The molecule has 1 heterocycles. The first kappa shape index (κ1) is 21.5. The molecule has 0 atom stereocenters. The van der Waals surface area contributed by atoms with Gasteiger partial charge in [0.05, 0.1) is 17.9 Å². The van der Waals surface area contributed by atoms with Crippen LogP contribution < -0.4 is 10.6 Å². The van der Waals surface area contributed by atoms with Crippen molar-refractivity contribution in [2.75, 3.05) is 17.2 Å². The monoisotopic (exact) mass is 442 g/mol. The number of carbonyl (C=O) groups excluding carboxylic acids is 1. The summed E-state index contributed by atoms with van der Waals surface area (Å²) in [6, 6.07) is 25.3. The Hall–Kier alpha value is -3.70. The highest BCUT2D eigenvalue weighted by molar-refractivity contribution is 6.30. The number of nitrogens with one attached hydrogen (secondary N) is 2. The van der Waals surface area contributed by atoms with Gasteiger partial charge in [0.15, 0.2) is 0 Å². The number of anilines is 2. The Balaban J connectivity index is 1.59. The van der Waals surface area contributed by atoms with Crippen LogP contribution in [0.25, 0.3) is 22.5 Å². The lowest BCUT2D eigenvalue weighted by Gasteiger charge is -2.11. The lowest BCUT2D eigenvalue weighted by atomic mass is 10.1. The molecule has 0 aliphatic heterocycles. The van der Waals surface area contributed by atoms with Crippen LogP contribution in [0.4, 0.5) is 11.6 Å². The Morgan fingerprint density at radius 1 is 0.781 bits per heavy atom. The predicted octanol–water partition coefficient (Wildman–Crippen LogP) is 6.13. The Morgan fingerprint density at radius 2 is 1.28 bits per heavy atom. The third kappa shape index (κ3) is 5.50. The van der Waals surface area contributed by atoms with E-state index in [0.717, 1.165) is 33.6 Å². The molecular weight excluding hydrogens is 420 g/mol. The van der Waals surface area contributed by atoms with Crippen molar-refractivity contribution in [3.8, 4) is 22.5 Å². The van der Waals surface area contributed by atoms with Crippen molar-refractivity contribution in [3.63, 3.8) is 0 Å². The summed E-state index contributed by atoms with van der Waals surface area (Å²) in [4.78, 5) is 21.7. The standard InChI is InChI=1S/C26H23ClN4O/c1-17-3-7-19(8-4-17)23-15-24(20-9-11-21(27)12-10-20)30-26(29-23)31-25(32)16-28-22-13-5-18(2)6-14-22/h3-15,28H,16H2,1-2H3,(H,29,30,31,32). The summed E-state index contributed by atoms with van der Waals surface area (Å²) < 4.78 is 0. The minimum absolute atomic E-state index is 0.109. The van der Waals surface area contributed by atoms with Gasteiger partial charge in [-0.3, -0.25) is 10.1 Å². The molecule has 2 N–H and O–H groups in total. The summed E-state index contributed by atoms with van der Waals surface area (Å²) >= 11 is 6.04. The first-order valence-corrected chi connectivity index (χ1v) is 10.7. The van der Waals surface area contributed by atoms with Crippen LogP contribution in [0.2, 0.25) is 5.02 Å². The molecule has 0 fully saturated rings. The first-order valence-electron chi connectivity index (χ1n) is 10.3. The fraction of sp³-hybridized carbons (Fsp3) is 0.115. The van der Waals surface area contributed by atoms with Crippen LogP contribution in [0.1, 0.15) is 11.1 Å². The van der Waals surface area contributed by atoms with Crippen LogP contribution in [0.3, 0.4) is 0 Å². The third-order valence-corrected chi connectivity index (χ3v) is 5.22. The number of amides is 1. The molecule has 1 aromatic heterocycles. The predicted molar refractivity (Wildman–Crippen MR) is 131 cm³/mol. The maximum Gasteiger partial charge on any atom is 0.246 e. The zero-order chi connectivity index (χ0) is 22.5. The van der Waals surface area contributed by atoms with E-state index in [0.29, 0.717) is 10.7 Å². The topological polar surface area (TPSA) is 66.9 Å². The van der Waals surface area contributed by atoms with Crippen molar-refractivity contribution in [1.82, 2.24) is 9.97 Å². The smallest absolute Gasteiger partial charge is 0.246 e. The number of aromatic nitrogens is 2. The number of rotatable bonds is 6. The Kier molecular flexibility index (Phi) is 6.47. The van der Waals surface area contributed by atoms with Gasteiger partial charge in [0.25, 0.3) is 0 Å². The van der Waals surface area contributed by atoms with Crippen LogP contribution in [-0.2, 0) is 4.79 Å². The van der Waals surface area contributed by atoms with E-state index in [1.807, 2.05) is 92.7 Å². The number of hydrogen-bond donors (Lipinski definition) is 2. The minimum atomic E-state index is -0.228. The Labute approximate surface area is 192 Å². The number of hydrogen-bond acceptors (Lipinski definition) is 4. The SMILES string of the molecule is Cc1ccc(NCC(=O)Nc2nc(-c3ccc(C)cc3)cc(-c3ccc(Cl)cc3)n2)cc1. The van der Waals surface area contributed by atoms with E-state index in [-0.39, 0.29) is 18.4 Å². The normalized spacial score (nSPS) is 10.6. The second-order valence-electron chi connectivity index (χ2n) is 7.60. The molecule has 0 unspecified atom stereocenters. The van der Waals surface area contributed by atoms with E-state index in [2.05, 4.69) is 20.6 Å². The summed E-state index contributed by atoms with van der Waals surface area (Å²) in [6.45, 7) is 4.17. The molecule has 160 valence electrons. The van der Waals surface area contributed by atoms with Gasteiger partial charge in [0.2, 0.25) is 11.9 Å². The van der Waals surface area contributed by atoms with Crippen molar-refractivity contribution in [2.45, 2.75) is 13.8 Å². The van der Waals surface area contributed by atoms with Crippen LogP contribution in [0.15, 0.2) is 78.9 Å². The third-order valence-electron chi connectivity index (χ3n) is 4.97. The van der Waals surface area contributed by atoms with Crippen molar-refractivity contribution in [2.24, 2.45) is 0 Å². The fourth-order valence-corrected chi connectivity index (χ4v) is 3.29. The van der Waals surface area contributed by atoms with Gasteiger partial charge in [-0.15, -0.1) is 0 Å². The van der Waals surface area contributed by atoms with Crippen LogP contribution >= 0.6 is 11.6 Å². The van der Waals surface area contributed by atoms with Crippen molar-refractivity contribution in [3.05, 3.63) is 95.0 Å². The van der Waals surface area contributed by atoms with Gasteiger partial charge in [0, 0.05) is 21.8 Å². The summed E-state index contributed by atoms with van der Waals surface area (Å²) in [5.41, 5.74) is 6.47. The maximum absolute atomic E-state index is 12.6. The number of halogens is 1. The number of aryl methyl sites for hydroxylation is 2. The van der Waals surface area contributed by atoms with Gasteiger partial charge in [-0.2, -0.15) is 0 Å². The minimum Gasteiger partial charge on any atom is -0.376 e. The van der Waals surface area contributed by atoms with E-state index in [1.54, 1.807) is 0 Å². The average Bonchev–Trinajstić information content (AvgIpc) is 2.79. The quantitative estimate of drug-likeness (QED) is 0.377. The van der Waals surface area contributed by atoms with E-state index in [9.17, 15) is 4.79 Å². The number of carbonyl (C=O) groups is 1. The van der Waals surface area contributed by atoms with Crippen LogP contribution in [0.5, 0.6) is 0 Å². The molecule has 3 aromatic carbocycles. The summed E-state index contributed by atoms with van der Waals surface area (Å²) in [7, 11) is 0. The average molecular weight is 443 g/mol. The lowest BCUT2D eigenvalue weighted by molar-refractivity contribution is -0.114. The molecule has 0 saturated carbocycles. The molecular formula is C26H23ClN4O. The Morgan fingerprint density at radius 3 is 1.84 bits per heavy atom.